The van der Waals surface area contributed by atoms with Gasteiger partial charge >= 0.3 is 5.69 Å². The second-order valence-electron chi connectivity index (χ2n) is 4.93. The number of amides is 1. The largest absolute Gasteiger partial charge is 0.346 e. The fraction of sp³-hybridized carbons (Fsp3) is 0.769. The van der Waals surface area contributed by atoms with Crippen molar-refractivity contribution >= 4 is 17.7 Å². The molecule has 1 aliphatic rings. The van der Waals surface area contributed by atoms with Crippen molar-refractivity contribution in [2.45, 2.75) is 52.1 Å². The Balaban J connectivity index is 2.10. The van der Waals surface area contributed by atoms with Crippen LogP contribution in [-0.4, -0.2) is 42.8 Å². The molecule has 1 aromatic rings. The lowest BCUT2D eigenvalue weighted by atomic mass is 10.3. The molecule has 0 aliphatic carbocycles. The summed E-state index contributed by atoms with van der Waals surface area (Å²) in [5.41, 5.74) is -0.197. The van der Waals surface area contributed by atoms with Crippen LogP contribution in [0.25, 0.3) is 0 Å². The Labute approximate surface area is 123 Å². The predicted molar refractivity (Wildman–Crippen MR) is 79.8 cm³/mol. The highest BCUT2D eigenvalue weighted by Gasteiger charge is 2.29. The Morgan fingerprint density at radius 3 is 2.80 bits per heavy atom. The number of carbonyl (C=O) groups is 1. The highest BCUT2D eigenvalue weighted by Crippen LogP contribution is 2.27. The van der Waals surface area contributed by atoms with E-state index in [2.05, 4.69) is 12.0 Å². The first kappa shape index (κ1) is 15.2. The number of carbonyl (C=O) groups excluding carboxylic acids is 1. The minimum atomic E-state index is -0.197. The number of hydrogen-bond acceptors (Lipinski definition) is 4. The lowest BCUT2D eigenvalue weighted by Crippen LogP contribution is -2.39. The summed E-state index contributed by atoms with van der Waals surface area (Å²) in [6.45, 7) is 7.22. The molecular weight excluding hydrogens is 276 g/mol. The average Bonchev–Trinajstić information content (AvgIpc) is 2.96. The van der Waals surface area contributed by atoms with Gasteiger partial charge in [0.15, 0.2) is 0 Å². The molecule has 7 heteroatoms. The molecule has 1 saturated heterocycles. The van der Waals surface area contributed by atoms with Gasteiger partial charge in [0.1, 0.15) is 12.4 Å². The van der Waals surface area contributed by atoms with Crippen molar-refractivity contribution in [1.82, 2.24) is 19.2 Å². The third-order valence-corrected chi connectivity index (χ3v) is 4.85. The lowest BCUT2D eigenvalue weighted by molar-refractivity contribution is -0.132. The van der Waals surface area contributed by atoms with E-state index >= 15 is 0 Å². The van der Waals surface area contributed by atoms with Gasteiger partial charge in [-0.2, -0.15) is 5.10 Å². The molecule has 1 atom stereocenters. The average molecular weight is 298 g/mol. The van der Waals surface area contributed by atoms with Crippen LogP contribution in [0.5, 0.6) is 0 Å². The molecule has 0 saturated carbocycles. The smallest absolute Gasteiger partial charge is 0.328 e. The molecule has 20 heavy (non-hydrogen) atoms. The second-order valence-corrected chi connectivity index (χ2v) is 6.22. The van der Waals surface area contributed by atoms with Gasteiger partial charge < -0.3 is 4.90 Å². The highest BCUT2D eigenvalue weighted by atomic mass is 32.2. The minimum absolute atomic E-state index is 0.00342. The molecule has 0 N–H and O–H groups in total. The highest BCUT2D eigenvalue weighted by molar-refractivity contribution is 8.00. The molecule has 1 unspecified atom stereocenters. The molecule has 2 heterocycles. The van der Waals surface area contributed by atoms with Gasteiger partial charge in [0.05, 0.1) is 5.37 Å². The summed E-state index contributed by atoms with van der Waals surface area (Å²) < 4.78 is 2.86. The zero-order valence-electron chi connectivity index (χ0n) is 12.3. The first-order valence-electron chi connectivity index (χ1n) is 7.13. The molecule has 2 rings (SSSR count). The van der Waals surface area contributed by atoms with E-state index in [1.807, 2.05) is 23.6 Å². The molecule has 1 aliphatic heterocycles. The van der Waals surface area contributed by atoms with Crippen LogP contribution in [-0.2, 0) is 17.9 Å². The summed E-state index contributed by atoms with van der Waals surface area (Å²) in [6.07, 6.45) is 2.07. The number of rotatable bonds is 5. The molecule has 1 amide bonds. The Kier molecular flexibility index (Phi) is 4.91. The van der Waals surface area contributed by atoms with Crippen LogP contribution in [0.15, 0.2) is 4.79 Å². The maximum absolute atomic E-state index is 12.4. The van der Waals surface area contributed by atoms with Gasteiger partial charge in [-0.05, 0) is 20.3 Å². The topological polar surface area (TPSA) is 60.1 Å². The fourth-order valence-electron chi connectivity index (χ4n) is 2.53. The second kappa shape index (κ2) is 6.47. The van der Waals surface area contributed by atoms with Crippen LogP contribution >= 0.6 is 11.8 Å². The summed E-state index contributed by atoms with van der Waals surface area (Å²) in [6, 6.07) is 0. The van der Waals surface area contributed by atoms with E-state index in [4.69, 9.17) is 0 Å². The van der Waals surface area contributed by atoms with Gasteiger partial charge in [-0.3, -0.25) is 9.36 Å². The number of aromatic nitrogens is 3. The first-order chi connectivity index (χ1) is 9.58. The summed E-state index contributed by atoms with van der Waals surface area (Å²) in [7, 11) is 0. The van der Waals surface area contributed by atoms with Gasteiger partial charge in [0, 0.05) is 18.8 Å². The Morgan fingerprint density at radius 2 is 2.20 bits per heavy atom. The number of hydrogen-bond donors (Lipinski definition) is 0. The molecule has 1 fully saturated rings. The van der Waals surface area contributed by atoms with E-state index < -0.39 is 0 Å². The van der Waals surface area contributed by atoms with Crippen molar-refractivity contribution in [3.8, 4) is 0 Å². The molecule has 0 radical (unpaired) electrons. The molecule has 0 spiro atoms. The van der Waals surface area contributed by atoms with E-state index in [0.717, 1.165) is 25.1 Å². The fourth-order valence-corrected chi connectivity index (χ4v) is 3.91. The maximum Gasteiger partial charge on any atom is 0.346 e. The van der Waals surface area contributed by atoms with Crippen molar-refractivity contribution < 1.29 is 4.79 Å². The van der Waals surface area contributed by atoms with Crippen LogP contribution in [0.2, 0.25) is 0 Å². The van der Waals surface area contributed by atoms with E-state index in [1.165, 1.54) is 4.68 Å². The van der Waals surface area contributed by atoms with Gasteiger partial charge in [0.25, 0.3) is 0 Å². The number of aryl methyl sites for hydroxylation is 1. The molecule has 6 nitrogen and oxygen atoms in total. The van der Waals surface area contributed by atoms with E-state index in [9.17, 15) is 9.59 Å². The molecular formula is C13H22N4O2S. The SMILES string of the molecule is CCCC1SCCN1C(=O)Cn1nc(C)n(CC)c1=O. The monoisotopic (exact) mass is 298 g/mol. The third kappa shape index (κ3) is 2.92. The Hall–Kier alpha value is -1.24. The summed E-state index contributed by atoms with van der Waals surface area (Å²) >= 11 is 1.82. The van der Waals surface area contributed by atoms with Crippen molar-refractivity contribution in [2.75, 3.05) is 12.3 Å². The molecule has 1 aromatic heterocycles. The third-order valence-electron chi connectivity index (χ3n) is 3.56. The van der Waals surface area contributed by atoms with Crippen molar-refractivity contribution in [3.05, 3.63) is 16.3 Å². The number of nitrogens with zero attached hydrogens (tertiary/aromatic N) is 4. The maximum atomic E-state index is 12.4. The van der Waals surface area contributed by atoms with Crippen LogP contribution in [0.4, 0.5) is 0 Å². The first-order valence-corrected chi connectivity index (χ1v) is 8.18. The van der Waals surface area contributed by atoms with Crippen LogP contribution in [0, 0.1) is 6.92 Å². The summed E-state index contributed by atoms with van der Waals surface area (Å²) in [5, 5.41) is 4.44. The summed E-state index contributed by atoms with van der Waals surface area (Å²) in [4.78, 5) is 26.3. The van der Waals surface area contributed by atoms with Crippen molar-refractivity contribution in [2.24, 2.45) is 0 Å². The van der Waals surface area contributed by atoms with Gasteiger partial charge in [-0.1, -0.05) is 13.3 Å². The molecule has 0 aromatic carbocycles. The van der Waals surface area contributed by atoms with E-state index in [-0.39, 0.29) is 23.5 Å². The standard InChI is InChI=1S/C13H22N4O2S/c1-4-6-12-16(7-8-20-12)11(18)9-17-13(19)15(5-2)10(3)14-17/h12H,4-9H2,1-3H3. The zero-order chi connectivity index (χ0) is 14.7. The Bertz CT molecular complexity index is 537. The number of thioether (sulfide) groups is 1. The van der Waals surface area contributed by atoms with Crippen LogP contribution < -0.4 is 5.69 Å². The van der Waals surface area contributed by atoms with E-state index in [1.54, 1.807) is 11.5 Å². The van der Waals surface area contributed by atoms with Gasteiger partial charge in [-0.15, -0.1) is 11.8 Å². The normalized spacial score (nSPS) is 18.8. The van der Waals surface area contributed by atoms with Crippen LogP contribution in [0.3, 0.4) is 0 Å². The van der Waals surface area contributed by atoms with Crippen molar-refractivity contribution in [1.29, 1.82) is 0 Å². The van der Waals surface area contributed by atoms with Gasteiger partial charge in [-0.25, -0.2) is 9.48 Å². The summed E-state index contributed by atoms with van der Waals surface area (Å²) in [5.74, 6) is 1.63. The quantitative estimate of drug-likeness (QED) is 0.816. The lowest BCUT2D eigenvalue weighted by Gasteiger charge is -2.23. The van der Waals surface area contributed by atoms with Gasteiger partial charge in [0.2, 0.25) is 5.91 Å². The zero-order valence-corrected chi connectivity index (χ0v) is 13.2. The minimum Gasteiger partial charge on any atom is -0.328 e. The van der Waals surface area contributed by atoms with Crippen molar-refractivity contribution in [3.63, 3.8) is 0 Å². The molecule has 0 bridgehead atoms. The molecule has 112 valence electrons. The Morgan fingerprint density at radius 1 is 1.45 bits per heavy atom. The van der Waals surface area contributed by atoms with E-state index in [0.29, 0.717) is 12.4 Å². The predicted octanol–water partition coefficient (Wildman–Crippen LogP) is 1.07. The van der Waals surface area contributed by atoms with Crippen LogP contribution in [0.1, 0.15) is 32.5 Å².